The Bertz CT molecular complexity index is 467. The van der Waals surface area contributed by atoms with Crippen LogP contribution in [0.3, 0.4) is 0 Å². The highest BCUT2D eigenvalue weighted by atomic mass is 32.2. The van der Waals surface area contributed by atoms with Crippen molar-refractivity contribution in [3.63, 3.8) is 0 Å². The number of thioether (sulfide) groups is 1. The molecule has 8 heteroatoms. The first-order valence-corrected chi connectivity index (χ1v) is 7.84. The van der Waals surface area contributed by atoms with E-state index in [1.54, 1.807) is 12.1 Å². The fraction of sp³-hybridized carbons (Fsp3) is 0.462. The first-order chi connectivity index (χ1) is 10.1. The predicted molar refractivity (Wildman–Crippen MR) is 82.0 cm³/mol. The summed E-state index contributed by atoms with van der Waals surface area (Å²) in [5.74, 6) is 0.0675. The number of nitrogens with zero attached hydrogens (tertiary/aromatic N) is 1. The summed E-state index contributed by atoms with van der Waals surface area (Å²) in [5.41, 5.74) is 0.463. The van der Waals surface area contributed by atoms with Gasteiger partial charge in [-0.05, 0) is 31.4 Å². The lowest BCUT2D eigenvalue weighted by Gasteiger charge is -2.14. The summed E-state index contributed by atoms with van der Waals surface area (Å²) in [7, 11) is 0. The number of hydrogen-bond donors (Lipinski definition) is 3. The van der Waals surface area contributed by atoms with Crippen molar-refractivity contribution in [2.75, 3.05) is 23.9 Å². The molecule has 7 nitrogen and oxygen atoms in total. The molecule has 0 aliphatic carbocycles. The van der Waals surface area contributed by atoms with Gasteiger partial charge in [-0.25, -0.2) is 14.6 Å². The number of aliphatic carboxylic acids is 1. The molecule has 0 radical (unpaired) electrons. The van der Waals surface area contributed by atoms with Gasteiger partial charge in [0.25, 0.3) is 0 Å². The second-order valence-electron chi connectivity index (χ2n) is 4.09. The number of pyridine rings is 1. The molecule has 21 heavy (non-hydrogen) atoms. The second-order valence-corrected chi connectivity index (χ2v) is 5.07. The Balaban J connectivity index is 2.52. The monoisotopic (exact) mass is 313 g/mol. The Morgan fingerprint density at radius 1 is 1.48 bits per heavy atom. The van der Waals surface area contributed by atoms with E-state index in [0.29, 0.717) is 30.3 Å². The number of nitrogens with one attached hydrogen (secondary N) is 2. The number of carbonyl (C=O) groups is 2. The molecule has 0 aromatic carbocycles. The van der Waals surface area contributed by atoms with E-state index in [2.05, 4.69) is 15.6 Å². The molecule has 0 saturated carbocycles. The van der Waals surface area contributed by atoms with E-state index >= 15 is 0 Å². The van der Waals surface area contributed by atoms with Gasteiger partial charge in [0.1, 0.15) is 6.04 Å². The number of carboxylic acids is 1. The highest BCUT2D eigenvalue weighted by Crippen LogP contribution is 2.11. The minimum absolute atomic E-state index is 0.367. The molecule has 1 rings (SSSR count). The van der Waals surface area contributed by atoms with Crippen LogP contribution in [0.5, 0.6) is 5.88 Å². The molecule has 0 unspecified atom stereocenters. The summed E-state index contributed by atoms with van der Waals surface area (Å²) in [6.07, 6.45) is 3.69. The van der Waals surface area contributed by atoms with Gasteiger partial charge in [0.2, 0.25) is 5.88 Å². The van der Waals surface area contributed by atoms with Crippen LogP contribution in [0.2, 0.25) is 0 Å². The Morgan fingerprint density at radius 2 is 2.24 bits per heavy atom. The number of anilines is 1. The number of amides is 2. The normalized spacial score (nSPS) is 11.5. The average Bonchev–Trinajstić information content (AvgIpc) is 2.45. The fourth-order valence-corrected chi connectivity index (χ4v) is 1.98. The van der Waals surface area contributed by atoms with Gasteiger partial charge >= 0.3 is 12.0 Å². The third-order valence-electron chi connectivity index (χ3n) is 2.50. The third-order valence-corrected chi connectivity index (χ3v) is 3.14. The molecule has 116 valence electrons. The first-order valence-electron chi connectivity index (χ1n) is 6.45. The maximum absolute atomic E-state index is 11.7. The van der Waals surface area contributed by atoms with E-state index in [0.717, 1.165) is 0 Å². The number of aromatic nitrogens is 1. The van der Waals surface area contributed by atoms with E-state index < -0.39 is 18.0 Å². The smallest absolute Gasteiger partial charge is 0.326 e. The van der Waals surface area contributed by atoms with Crippen LogP contribution in [0.4, 0.5) is 10.5 Å². The highest BCUT2D eigenvalue weighted by Gasteiger charge is 2.19. The van der Waals surface area contributed by atoms with Gasteiger partial charge in [0.15, 0.2) is 0 Å². The number of ether oxygens (including phenoxy) is 1. The van der Waals surface area contributed by atoms with Crippen LogP contribution in [0.15, 0.2) is 18.3 Å². The Labute approximate surface area is 127 Å². The largest absolute Gasteiger partial charge is 0.480 e. The van der Waals surface area contributed by atoms with Crippen LogP contribution < -0.4 is 15.4 Å². The van der Waals surface area contributed by atoms with Gasteiger partial charge in [0.05, 0.1) is 18.5 Å². The standard InChI is InChI=1S/C13H19N3O4S/c1-3-20-11-5-4-9(8-14-11)15-13(19)16-10(12(17)18)6-7-21-2/h4-5,8,10H,3,6-7H2,1-2H3,(H,17,18)(H2,15,16,19)/t10-/m0/s1. The van der Waals surface area contributed by atoms with Crippen LogP contribution >= 0.6 is 11.8 Å². The summed E-state index contributed by atoms with van der Waals surface area (Å²) < 4.78 is 5.19. The SMILES string of the molecule is CCOc1ccc(NC(=O)N[C@@H](CCSC)C(=O)O)cn1. The number of carboxylic acid groups (broad SMARTS) is 1. The molecule has 1 aromatic rings. The lowest BCUT2D eigenvalue weighted by atomic mass is 10.2. The first kappa shape index (κ1) is 17.1. The molecule has 3 N–H and O–H groups in total. The van der Waals surface area contributed by atoms with Crippen molar-refractivity contribution >= 4 is 29.4 Å². The van der Waals surface area contributed by atoms with Crippen molar-refractivity contribution < 1.29 is 19.4 Å². The van der Waals surface area contributed by atoms with Crippen molar-refractivity contribution in [1.82, 2.24) is 10.3 Å². The summed E-state index contributed by atoms with van der Waals surface area (Å²) in [4.78, 5) is 26.8. The predicted octanol–water partition coefficient (Wildman–Crippen LogP) is 1.81. The molecular weight excluding hydrogens is 294 g/mol. The van der Waals surface area contributed by atoms with Crippen LogP contribution in [-0.2, 0) is 4.79 Å². The lowest BCUT2D eigenvalue weighted by Crippen LogP contribution is -2.43. The maximum Gasteiger partial charge on any atom is 0.326 e. The molecule has 0 bridgehead atoms. The minimum atomic E-state index is -1.05. The molecule has 2 amide bonds. The zero-order valence-corrected chi connectivity index (χ0v) is 12.8. The van der Waals surface area contributed by atoms with Crippen LogP contribution in [-0.4, -0.2) is 46.7 Å². The van der Waals surface area contributed by atoms with Crippen molar-refractivity contribution in [2.45, 2.75) is 19.4 Å². The summed E-state index contributed by atoms with van der Waals surface area (Å²) in [6, 6.07) is 1.78. The third kappa shape index (κ3) is 6.35. The van der Waals surface area contributed by atoms with Crippen molar-refractivity contribution in [3.8, 4) is 5.88 Å². The Morgan fingerprint density at radius 3 is 2.76 bits per heavy atom. The molecular formula is C13H19N3O4S. The molecule has 0 spiro atoms. The van der Waals surface area contributed by atoms with Gasteiger partial charge in [-0.3, -0.25) is 0 Å². The van der Waals surface area contributed by atoms with E-state index in [9.17, 15) is 9.59 Å². The van der Waals surface area contributed by atoms with Gasteiger partial charge in [-0.1, -0.05) is 0 Å². The topological polar surface area (TPSA) is 101 Å². The average molecular weight is 313 g/mol. The van der Waals surface area contributed by atoms with E-state index in [-0.39, 0.29) is 0 Å². The molecule has 0 aliphatic heterocycles. The number of rotatable bonds is 8. The van der Waals surface area contributed by atoms with E-state index in [1.165, 1.54) is 18.0 Å². The molecule has 1 aromatic heterocycles. The quantitative estimate of drug-likeness (QED) is 0.676. The number of carbonyl (C=O) groups excluding carboxylic acids is 1. The number of urea groups is 1. The molecule has 0 fully saturated rings. The molecule has 0 saturated heterocycles. The lowest BCUT2D eigenvalue weighted by molar-refractivity contribution is -0.139. The van der Waals surface area contributed by atoms with Gasteiger partial charge in [-0.2, -0.15) is 11.8 Å². The van der Waals surface area contributed by atoms with Crippen molar-refractivity contribution in [3.05, 3.63) is 18.3 Å². The maximum atomic E-state index is 11.7. The summed E-state index contributed by atoms with van der Waals surface area (Å²) >= 11 is 1.53. The highest BCUT2D eigenvalue weighted by molar-refractivity contribution is 7.98. The van der Waals surface area contributed by atoms with Crippen molar-refractivity contribution in [2.24, 2.45) is 0 Å². The van der Waals surface area contributed by atoms with E-state index in [1.807, 2.05) is 13.2 Å². The van der Waals surface area contributed by atoms with Crippen LogP contribution in [0.1, 0.15) is 13.3 Å². The molecule has 1 heterocycles. The van der Waals surface area contributed by atoms with Gasteiger partial charge < -0.3 is 20.5 Å². The fourth-order valence-electron chi connectivity index (χ4n) is 1.51. The molecule has 1 atom stereocenters. The van der Waals surface area contributed by atoms with Gasteiger partial charge in [0, 0.05) is 6.07 Å². The summed E-state index contributed by atoms with van der Waals surface area (Å²) in [5, 5.41) is 14.0. The van der Waals surface area contributed by atoms with Crippen molar-refractivity contribution in [1.29, 1.82) is 0 Å². The zero-order chi connectivity index (χ0) is 15.7. The van der Waals surface area contributed by atoms with E-state index in [4.69, 9.17) is 9.84 Å². The number of hydrogen-bond acceptors (Lipinski definition) is 5. The Hall–Kier alpha value is -1.96. The van der Waals surface area contributed by atoms with Crippen LogP contribution in [0.25, 0.3) is 0 Å². The summed E-state index contributed by atoms with van der Waals surface area (Å²) in [6.45, 7) is 2.36. The van der Waals surface area contributed by atoms with Gasteiger partial charge in [-0.15, -0.1) is 0 Å². The Kier molecular flexibility index (Phi) is 7.38. The zero-order valence-electron chi connectivity index (χ0n) is 12.0. The molecule has 0 aliphatic rings. The van der Waals surface area contributed by atoms with Crippen LogP contribution in [0, 0.1) is 0 Å². The minimum Gasteiger partial charge on any atom is -0.480 e. The second kappa shape index (κ2) is 9.06.